The van der Waals surface area contributed by atoms with Crippen molar-refractivity contribution in [2.24, 2.45) is 28.2 Å². The molecule has 416 valence electrons. The largest absolute Gasteiger partial charge is 0.369 e. The van der Waals surface area contributed by atoms with Crippen LogP contribution in [0.3, 0.4) is 0 Å². The minimum atomic E-state index is -0.604. The molecule has 0 aliphatic heterocycles. The minimum absolute atomic E-state index is 0.0272. The molecule has 0 unspecified atom stereocenters. The summed E-state index contributed by atoms with van der Waals surface area (Å²) in [6, 6.07) is 11.3. The first-order chi connectivity index (χ1) is 36.8. The Kier molecular flexibility index (Phi) is 23.6. The van der Waals surface area contributed by atoms with Gasteiger partial charge in [-0.1, -0.05) is 12.1 Å². The third kappa shape index (κ3) is 19.4. The van der Waals surface area contributed by atoms with Crippen LogP contribution in [0.5, 0.6) is 0 Å². The zero-order valence-corrected chi connectivity index (χ0v) is 45.9. The molecule has 5 aromatic rings. The van der Waals surface area contributed by atoms with E-state index in [2.05, 4.69) is 86.6 Å². The zero-order chi connectivity index (χ0) is 56.0. The molecule has 4 heterocycles. The van der Waals surface area contributed by atoms with Gasteiger partial charge in [0.15, 0.2) is 11.6 Å². The third-order valence-electron chi connectivity index (χ3n) is 12.0. The fourth-order valence-corrected chi connectivity index (χ4v) is 8.46. The van der Waals surface area contributed by atoms with Crippen molar-refractivity contribution in [2.45, 2.75) is 51.9 Å². The van der Waals surface area contributed by atoms with Crippen LogP contribution >= 0.6 is 23.2 Å². The Morgan fingerprint density at radius 2 is 0.987 bits per heavy atom. The van der Waals surface area contributed by atoms with Gasteiger partial charge in [0.05, 0.1) is 11.4 Å². The van der Waals surface area contributed by atoms with E-state index in [-0.39, 0.29) is 78.3 Å². The first-order valence-corrected chi connectivity index (χ1v) is 26.2. The summed E-state index contributed by atoms with van der Waals surface area (Å²) < 4.78 is 5.92. The van der Waals surface area contributed by atoms with Crippen molar-refractivity contribution in [2.75, 3.05) is 97.3 Å². The topological polar surface area (TPSA) is 285 Å². The van der Waals surface area contributed by atoms with E-state index in [0.29, 0.717) is 42.6 Å². The summed E-state index contributed by atoms with van der Waals surface area (Å²) in [5.41, 5.74) is 3.36. The first-order valence-electron chi connectivity index (χ1n) is 25.2. The van der Waals surface area contributed by atoms with Gasteiger partial charge in [0, 0.05) is 136 Å². The number of amides is 8. The van der Waals surface area contributed by atoms with Gasteiger partial charge in [0.1, 0.15) is 11.4 Å². The molecule has 24 nitrogen and oxygen atoms in total. The van der Waals surface area contributed by atoms with Crippen molar-refractivity contribution in [1.29, 1.82) is 0 Å². The number of anilines is 5. The number of rotatable bonds is 31. The molecule has 0 saturated heterocycles. The molecule has 26 heteroatoms. The highest BCUT2D eigenvalue weighted by Crippen LogP contribution is 2.19. The van der Waals surface area contributed by atoms with Gasteiger partial charge in [-0.15, -0.1) is 23.2 Å². The van der Waals surface area contributed by atoms with Crippen molar-refractivity contribution >= 4 is 99.2 Å². The number of imidazole rings is 2. The van der Waals surface area contributed by atoms with Crippen LogP contribution < -0.4 is 47.4 Å². The number of aryl methyl sites for hydroxylation is 5. The fraction of sp³-hybridized carbons (Fsp3) is 0.451. The van der Waals surface area contributed by atoms with Gasteiger partial charge in [-0.2, -0.15) is 0 Å². The zero-order valence-electron chi connectivity index (χ0n) is 44.4. The van der Waals surface area contributed by atoms with Crippen LogP contribution in [0.2, 0.25) is 0 Å². The van der Waals surface area contributed by atoms with Crippen molar-refractivity contribution < 1.29 is 38.4 Å². The summed E-state index contributed by atoms with van der Waals surface area (Å²) in [7, 11) is 8.43. The molecule has 0 bridgehead atoms. The Morgan fingerprint density at radius 1 is 0.519 bits per heavy atom. The molecule has 1 aromatic carbocycles. The molecule has 4 aromatic heterocycles. The van der Waals surface area contributed by atoms with E-state index in [4.69, 9.17) is 23.2 Å². The van der Waals surface area contributed by atoms with E-state index in [1.807, 2.05) is 7.05 Å². The molecule has 0 aliphatic rings. The maximum absolute atomic E-state index is 13.2. The van der Waals surface area contributed by atoms with Crippen molar-refractivity contribution in [3.63, 3.8) is 0 Å². The lowest BCUT2D eigenvalue weighted by Gasteiger charge is -2.23. The van der Waals surface area contributed by atoms with E-state index in [0.717, 1.165) is 57.5 Å². The summed E-state index contributed by atoms with van der Waals surface area (Å²) in [5.74, 6) is -1.69. The number of alkyl halides is 2. The molecule has 8 amide bonds. The summed E-state index contributed by atoms with van der Waals surface area (Å²) >= 11 is 11.9. The maximum Gasteiger partial charge on any atom is 0.291 e. The number of hydrogen-bond donors (Lipinski definition) is 8. The van der Waals surface area contributed by atoms with Crippen LogP contribution in [0.15, 0.2) is 61.2 Å². The Balaban J connectivity index is 0.917. The number of aromatic nitrogens is 6. The summed E-state index contributed by atoms with van der Waals surface area (Å²) in [6.07, 6.45) is 9.57. The van der Waals surface area contributed by atoms with E-state index < -0.39 is 29.5 Å². The van der Waals surface area contributed by atoms with Gasteiger partial charge >= 0.3 is 0 Å². The van der Waals surface area contributed by atoms with Crippen LogP contribution in [-0.4, -0.2) is 152 Å². The Bertz CT molecular complexity index is 2830. The first kappa shape index (κ1) is 60.2. The molecule has 8 N–H and O–H groups in total. The predicted molar refractivity (Wildman–Crippen MR) is 296 cm³/mol. The van der Waals surface area contributed by atoms with Crippen LogP contribution in [0, 0.1) is 0 Å². The molecule has 0 fully saturated rings. The molecular formula is C51H70Cl2N16O8. The van der Waals surface area contributed by atoms with Gasteiger partial charge < -0.3 is 70.6 Å². The smallest absolute Gasteiger partial charge is 0.291 e. The SMILES string of the molecule is CC(=O)Nc1cn(C)c(C(=O)Nc2cc(C(=O)NCCC(=O)Nc3cn(C)c(C(=O)Nc4cc(C(=O)NCCC(=O)NCCCN(C)CCCNC(=O)CCCc5ccc(N(CCCl)CCCl)cc5)n(C)c4)n3)n(C)c2)n1. The second-order valence-corrected chi connectivity index (χ2v) is 19.1. The molecular weight excluding hydrogens is 1040 g/mol. The van der Waals surface area contributed by atoms with Crippen LogP contribution in [0.25, 0.3) is 0 Å². The molecule has 0 aliphatic carbocycles. The number of carbonyl (C=O) groups excluding carboxylic acids is 8. The van der Waals surface area contributed by atoms with Gasteiger partial charge in [-0.3, -0.25) is 38.4 Å². The highest BCUT2D eigenvalue weighted by Gasteiger charge is 2.21. The van der Waals surface area contributed by atoms with E-state index in [1.165, 1.54) is 61.5 Å². The summed E-state index contributed by atoms with van der Waals surface area (Å²) in [4.78, 5) is 114. The third-order valence-corrected chi connectivity index (χ3v) is 12.3. The van der Waals surface area contributed by atoms with Crippen molar-refractivity contribution in [3.05, 3.63) is 89.8 Å². The monoisotopic (exact) mass is 1100 g/mol. The Hall–Kier alpha value is -7.70. The summed E-state index contributed by atoms with van der Waals surface area (Å²) in [5, 5.41) is 21.8. The predicted octanol–water partition coefficient (Wildman–Crippen LogP) is 3.42. The molecule has 77 heavy (non-hydrogen) atoms. The standard InChI is InChI=1S/C51H70Cl2N16O8/c1-34(70)58-41-32-67(5)46(62-41)50(76)59-36-29-40(66(4)30-36)49(75)57-23-17-45(73)61-42-33-68(6)47(63-42)51(77)60-37-28-39(65(3)31-37)48(74)56-22-16-44(72)55-21-9-25-64(2)24-8-20-54-43(71)11-7-10-35-12-14-38(15-13-35)69(26-18-52)27-19-53/h12-15,28-33H,7-11,16-27H2,1-6H3,(H,54,71)(H,55,72)(H,56,74)(H,57,75)(H,58,70)(H,59,76)(H,60,77)(H,61,73). The average molecular weight is 1110 g/mol. The maximum atomic E-state index is 13.2. The molecule has 0 atom stereocenters. The van der Waals surface area contributed by atoms with Gasteiger partial charge in [0.2, 0.25) is 35.3 Å². The Labute approximate surface area is 457 Å². The van der Waals surface area contributed by atoms with Crippen LogP contribution in [-0.2, 0) is 53.8 Å². The van der Waals surface area contributed by atoms with Crippen molar-refractivity contribution in [3.8, 4) is 0 Å². The van der Waals surface area contributed by atoms with Gasteiger partial charge in [-0.25, -0.2) is 9.97 Å². The van der Waals surface area contributed by atoms with E-state index in [1.54, 1.807) is 34.4 Å². The van der Waals surface area contributed by atoms with Gasteiger partial charge in [0.25, 0.3) is 23.6 Å². The molecule has 0 spiro atoms. The normalized spacial score (nSPS) is 11.0. The van der Waals surface area contributed by atoms with Crippen LogP contribution in [0.4, 0.5) is 28.7 Å². The van der Waals surface area contributed by atoms with E-state index in [9.17, 15) is 38.4 Å². The lowest BCUT2D eigenvalue weighted by Crippen LogP contribution is -2.33. The summed E-state index contributed by atoms with van der Waals surface area (Å²) in [6.45, 7) is 5.48. The minimum Gasteiger partial charge on any atom is -0.369 e. The number of carbonyl (C=O) groups is 8. The van der Waals surface area contributed by atoms with Crippen molar-refractivity contribution in [1.82, 2.24) is 54.4 Å². The number of nitrogens with zero attached hydrogens (tertiary/aromatic N) is 8. The molecule has 0 saturated carbocycles. The number of hydrogen-bond acceptors (Lipinski definition) is 12. The Morgan fingerprint density at radius 3 is 1.47 bits per heavy atom. The van der Waals surface area contributed by atoms with Gasteiger partial charge in [-0.05, 0) is 75.6 Å². The fourth-order valence-electron chi connectivity index (χ4n) is 8.06. The second-order valence-electron chi connectivity index (χ2n) is 18.3. The van der Waals surface area contributed by atoms with E-state index >= 15 is 0 Å². The average Bonchev–Trinajstić information content (AvgIpc) is 4.16. The quantitative estimate of drug-likeness (QED) is 0.0234. The molecule has 0 radical (unpaired) electrons. The lowest BCUT2D eigenvalue weighted by atomic mass is 10.1. The number of nitrogens with one attached hydrogen (secondary N) is 8. The number of benzene rings is 1. The second kappa shape index (κ2) is 30.1. The van der Waals surface area contributed by atoms with Crippen LogP contribution in [0.1, 0.15) is 93.2 Å². The highest BCUT2D eigenvalue weighted by atomic mass is 35.5. The molecule has 5 rings (SSSR count). The highest BCUT2D eigenvalue weighted by molar-refractivity contribution is 6.18. The number of halogens is 2. The lowest BCUT2D eigenvalue weighted by molar-refractivity contribution is -0.121.